The van der Waals surface area contributed by atoms with Gasteiger partial charge in [0, 0.05) is 12.6 Å². The molecular weight excluding hydrogens is 224 g/mol. The monoisotopic (exact) mass is 248 g/mol. The minimum Gasteiger partial charge on any atom is -0.338 e. The number of nitriles is 1. The zero-order valence-corrected chi connectivity index (χ0v) is 11.6. The van der Waals surface area contributed by atoms with Gasteiger partial charge in [0.05, 0.1) is 6.07 Å². The lowest BCUT2D eigenvalue weighted by molar-refractivity contribution is -0.145. The molecule has 2 unspecified atom stereocenters. The van der Waals surface area contributed by atoms with Crippen LogP contribution in [0.1, 0.15) is 58.8 Å². The first-order valence-corrected chi connectivity index (χ1v) is 7.31. The van der Waals surface area contributed by atoms with Crippen LogP contribution in [0.2, 0.25) is 0 Å². The van der Waals surface area contributed by atoms with E-state index in [-0.39, 0.29) is 5.91 Å². The van der Waals surface area contributed by atoms with Gasteiger partial charge in [-0.1, -0.05) is 26.2 Å². The van der Waals surface area contributed by atoms with E-state index >= 15 is 0 Å². The summed E-state index contributed by atoms with van der Waals surface area (Å²) < 4.78 is 0. The molecule has 1 saturated heterocycles. The Hall–Kier alpha value is -1.04. The molecule has 3 nitrogen and oxygen atoms in total. The summed E-state index contributed by atoms with van der Waals surface area (Å²) in [7, 11) is 0. The fraction of sp³-hybridized carbons (Fsp3) is 0.867. The summed E-state index contributed by atoms with van der Waals surface area (Å²) in [5.74, 6) is 0.688. The molecular formula is C15H24N2O. The molecule has 2 fully saturated rings. The number of hydrogen-bond donors (Lipinski definition) is 0. The van der Waals surface area contributed by atoms with Gasteiger partial charge in [0.1, 0.15) is 5.41 Å². The Morgan fingerprint density at radius 3 is 2.50 bits per heavy atom. The van der Waals surface area contributed by atoms with Gasteiger partial charge in [0.25, 0.3) is 0 Å². The van der Waals surface area contributed by atoms with Gasteiger partial charge in [-0.15, -0.1) is 0 Å². The molecule has 0 aromatic carbocycles. The van der Waals surface area contributed by atoms with Crippen molar-refractivity contribution in [3.8, 4) is 6.07 Å². The highest BCUT2D eigenvalue weighted by Gasteiger charge is 2.44. The van der Waals surface area contributed by atoms with E-state index in [1.165, 1.54) is 12.8 Å². The van der Waals surface area contributed by atoms with Gasteiger partial charge in [-0.2, -0.15) is 5.26 Å². The minimum atomic E-state index is -0.705. The van der Waals surface area contributed by atoms with Crippen LogP contribution in [0, 0.1) is 22.7 Å². The number of rotatable bonds is 1. The third kappa shape index (κ3) is 2.39. The van der Waals surface area contributed by atoms with Crippen LogP contribution in [0.15, 0.2) is 0 Å². The summed E-state index contributed by atoms with van der Waals surface area (Å²) in [6, 6.07) is 2.67. The second kappa shape index (κ2) is 5.30. The molecule has 2 aliphatic rings. The van der Waals surface area contributed by atoms with E-state index in [9.17, 15) is 10.1 Å². The van der Waals surface area contributed by atoms with Crippen LogP contribution in [-0.4, -0.2) is 23.4 Å². The number of amides is 1. The van der Waals surface area contributed by atoms with E-state index in [4.69, 9.17) is 0 Å². The number of nitrogens with zero attached hydrogens (tertiary/aromatic N) is 2. The number of likely N-dealkylation sites (tertiary alicyclic amines) is 1. The van der Waals surface area contributed by atoms with Gasteiger partial charge in [-0.3, -0.25) is 4.79 Å². The fourth-order valence-electron chi connectivity index (χ4n) is 3.38. The van der Waals surface area contributed by atoms with Crippen LogP contribution < -0.4 is 0 Å². The summed E-state index contributed by atoms with van der Waals surface area (Å²) in [4.78, 5) is 14.8. The normalized spacial score (nSPS) is 31.7. The van der Waals surface area contributed by atoms with Crippen molar-refractivity contribution in [2.45, 2.75) is 64.8 Å². The van der Waals surface area contributed by atoms with Crippen LogP contribution in [-0.2, 0) is 4.79 Å². The average Bonchev–Trinajstić information content (AvgIpc) is 2.41. The third-order valence-corrected chi connectivity index (χ3v) is 4.71. The van der Waals surface area contributed by atoms with Crippen LogP contribution in [0.4, 0.5) is 0 Å². The van der Waals surface area contributed by atoms with E-state index < -0.39 is 5.41 Å². The van der Waals surface area contributed by atoms with Crippen molar-refractivity contribution < 1.29 is 4.79 Å². The maximum Gasteiger partial charge on any atom is 0.243 e. The van der Waals surface area contributed by atoms with Gasteiger partial charge < -0.3 is 4.90 Å². The number of hydrogen-bond acceptors (Lipinski definition) is 2. The van der Waals surface area contributed by atoms with E-state index in [2.05, 4.69) is 19.9 Å². The van der Waals surface area contributed by atoms with E-state index in [1.807, 2.05) is 4.90 Å². The SMILES string of the molecule is CC1CCC(C)N(C(=O)C2(C#N)CCCCC2)C1. The first-order chi connectivity index (χ1) is 8.59. The van der Waals surface area contributed by atoms with Crippen LogP contribution in [0.3, 0.4) is 0 Å². The fourth-order valence-corrected chi connectivity index (χ4v) is 3.38. The summed E-state index contributed by atoms with van der Waals surface area (Å²) in [6.45, 7) is 5.16. The Labute approximate surface area is 110 Å². The number of piperidine rings is 1. The molecule has 0 aromatic rings. The first kappa shape index (κ1) is 13.4. The molecule has 1 aliphatic heterocycles. The Morgan fingerprint density at radius 2 is 1.89 bits per heavy atom. The molecule has 0 radical (unpaired) electrons. The molecule has 3 heteroatoms. The third-order valence-electron chi connectivity index (χ3n) is 4.71. The Morgan fingerprint density at radius 1 is 1.22 bits per heavy atom. The maximum absolute atomic E-state index is 12.8. The Bertz CT molecular complexity index is 352. The lowest BCUT2D eigenvalue weighted by Gasteiger charge is -2.42. The maximum atomic E-state index is 12.8. The highest BCUT2D eigenvalue weighted by molar-refractivity contribution is 5.86. The van der Waals surface area contributed by atoms with E-state index in [0.717, 1.165) is 38.6 Å². The smallest absolute Gasteiger partial charge is 0.243 e. The standard InChI is InChI=1S/C15H24N2O/c1-12-6-7-13(2)17(10-12)14(18)15(11-16)8-4-3-5-9-15/h12-13H,3-10H2,1-2H3. The van der Waals surface area contributed by atoms with Crippen LogP contribution in [0.25, 0.3) is 0 Å². The summed E-state index contributed by atoms with van der Waals surface area (Å²) in [6.07, 6.45) is 7.02. The molecule has 1 aliphatic carbocycles. The molecule has 0 N–H and O–H groups in total. The lowest BCUT2D eigenvalue weighted by atomic mass is 9.73. The molecule has 2 atom stereocenters. The van der Waals surface area contributed by atoms with Crippen molar-refractivity contribution in [2.75, 3.05) is 6.54 Å². The van der Waals surface area contributed by atoms with Gasteiger partial charge in [-0.25, -0.2) is 0 Å². The van der Waals surface area contributed by atoms with Crippen molar-refractivity contribution in [1.29, 1.82) is 5.26 Å². The van der Waals surface area contributed by atoms with Crippen molar-refractivity contribution in [1.82, 2.24) is 4.90 Å². The van der Waals surface area contributed by atoms with Crippen molar-refractivity contribution in [3.05, 3.63) is 0 Å². The average molecular weight is 248 g/mol. The second-order valence-corrected chi connectivity index (χ2v) is 6.24. The lowest BCUT2D eigenvalue weighted by Crippen LogP contribution is -2.51. The molecule has 100 valence electrons. The highest BCUT2D eigenvalue weighted by atomic mass is 16.2. The van der Waals surface area contributed by atoms with E-state index in [1.54, 1.807) is 0 Å². The zero-order valence-electron chi connectivity index (χ0n) is 11.6. The molecule has 1 saturated carbocycles. The summed E-state index contributed by atoms with van der Waals surface area (Å²) in [5, 5.41) is 9.50. The minimum absolute atomic E-state index is 0.115. The highest BCUT2D eigenvalue weighted by Crippen LogP contribution is 2.39. The summed E-state index contributed by atoms with van der Waals surface area (Å²) >= 11 is 0. The van der Waals surface area contributed by atoms with Crippen molar-refractivity contribution in [2.24, 2.45) is 11.3 Å². The molecule has 18 heavy (non-hydrogen) atoms. The van der Waals surface area contributed by atoms with Crippen molar-refractivity contribution >= 4 is 5.91 Å². The number of carbonyl (C=O) groups excluding carboxylic acids is 1. The predicted molar refractivity (Wildman–Crippen MR) is 70.7 cm³/mol. The van der Waals surface area contributed by atoms with Crippen LogP contribution >= 0.6 is 0 Å². The van der Waals surface area contributed by atoms with Gasteiger partial charge in [-0.05, 0) is 38.5 Å². The molecule has 1 amide bonds. The second-order valence-electron chi connectivity index (χ2n) is 6.24. The Balaban J connectivity index is 2.15. The molecule has 0 bridgehead atoms. The largest absolute Gasteiger partial charge is 0.338 e. The van der Waals surface area contributed by atoms with Gasteiger partial charge in [0.15, 0.2) is 0 Å². The first-order valence-electron chi connectivity index (χ1n) is 7.31. The van der Waals surface area contributed by atoms with Gasteiger partial charge in [0.2, 0.25) is 5.91 Å². The quantitative estimate of drug-likeness (QED) is 0.715. The molecule has 2 rings (SSSR count). The summed E-state index contributed by atoms with van der Waals surface area (Å²) in [5.41, 5.74) is -0.705. The van der Waals surface area contributed by atoms with E-state index in [0.29, 0.717) is 12.0 Å². The Kier molecular flexibility index (Phi) is 3.94. The molecule has 1 heterocycles. The molecule has 0 aromatic heterocycles. The van der Waals surface area contributed by atoms with Crippen molar-refractivity contribution in [3.63, 3.8) is 0 Å². The topological polar surface area (TPSA) is 44.1 Å². The predicted octanol–water partition coefficient (Wildman–Crippen LogP) is 3.11. The zero-order chi connectivity index (χ0) is 13.2. The molecule has 0 spiro atoms. The van der Waals surface area contributed by atoms with Gasteiger partial charge >= 0.3 is 0 Å². The number of carbonyl (C=O) groups is 1. The van der Waals surface area contributed by atoms with Crippen LogP contribution in [0.5, 0.6) is 0 Å².